The predicted molar refractivity (Wildman–Crippen MR) is 62.3 cm³/mol. The van der Waals surface area contributed by atoms with Gasteiger partial charge in [0.05, 0.1) is 0 Å². The van der Waals surface area contributed by atoms with E-state index in [0.29, 0.717) is 11.5 Å². The maximum Gasteiger partial charge on any atom is 0.00104 e. The van der Waals surface area contributed by atoms with Crippen LogP contribution in [0.5, 0.6) is 0 Å². The van der Waals surface area contributed by atoms with E-state index in [4.69, 9.17) is 5.73 Å². The van der Waals surface area contributed by atoms with E-state index in [1.165, 1.54) is 51.6 Å². The Labute approximate surface area is 88.6 Å². The molecule has 0 aromatic rings. The maximum atomic E-state index is 5.69. The van der Waals surface area contributed by atoms with Gasteiger partial charge in [-0.05, 0) is 51.0 Å². The molecule has 14 heavy (non-hydrogen) atoms. The van der Waals surface area contributed by atoms with Crippen LogP contribution in [0, 0.1) is 5.41 Å². The first-order chi connectivity index (χ1) is 6.68. The summed E-state index contributed by atoms with van der Waals surface area (Å²) in [6.07, 6.45) is 7.94. The average molecular weight is 198 g/mol. The maximum absolute atomic E-state index is 5.69. The summed E-state index contributed by atoms with van der Waals surface area (Å²) in [6.45, 7) is 6.81. The molecule has 1 saturated carbocycles. The van der Waals surface area contributed by atoms with Crippen molar-refractivity contribution in [2.45, 2.75) is 58.4 Å². The van der Waals surface area contributed by atoms with Crippen molar-refractivity contribution in [2.24, 2.45) is 11.1 Å². The quantitative estimate of drug-likeness (QED) is 0.587. The molecule has 1 rings (SSSR count). The molecule has 0 spiro atoms. The van der Waals surface area contributed by atoms with Crippen LogP contribution in [0.15, 0.2) is 0 Å². The van der Waals surface area contributed by atoms with Crippen molar-refractivity contribution in [3.05, 3.63) is 0 Å². The number of nitrogens with one attached hydrogen (secondary N) is 1. The Morgan fingerprint density at radius 1 is 1.36 bits per heavy atom. The highest BCUT2D eigenvalue weighted by molar-refractivity contribution is 4.93. The summed E-state index contributed by atoms with van der Waals surface area (Å²) in [5, 5.41) is 3.57. The van der Waals surface area contributed by atoms with E-state index in [1.54, 1.807) is 0 Å². The molecule has 1 fully saturated rings. The minimum Gasteiger partial charge on any atom is -0.328 e. The van der Waals surface area contributed by atoms with Gasteiger partial charge in [0.2, 0.25) is 0 Å². The van der Waals surface area contributed by atoms with Crippen LogP contribution in [0.25, 0.3) is 0 Å². The Morgan fingerprint density at radius 3 is 2.57 bits per heavy atom. The van der Waals surface area contributed by atoms with Crippen molar-refractivity contribution in [3.8, 4) is 0 Å². The molecular weight excluding hydrogens is 172 g/mol. The van der Waals surface area contributed by atoms with E-state index in [1.807, 2.05) is 0 Å². The number of hydrogen-bond acceptors (Lipinski definition) is 2. The van der Waals surface area contributed by atoms with E-state index in [9.17, 15) is 0 Å². The van der Waals surface area contributed by atoms with Gasteiger partial charge >= 0.3 is 0 Å². The zero-order valence-corrected chi connectivity index (χ0v) is 9.81. The molecule has 0 aliphatic heterocycles. The fourth-order valence-corrected chi connectivity index (χ4v) is 1.90. The Balaban J connectivity index is 1.85. The van der Waals surface area contributed by atoms with Gasteiger partial charge in [-0.25, -0.2) is 0 Å². The molecule has 0 aromatic carbocycles. The number of unbranched alkanes of at least 4 members (excludes halogenated alkanes) is 1. The standard InChI is InChI=1S/C12H26N2/c1-3-12(7-8-12)10-14-9-5-4-6-11(2)13/h11,14H,3-10,13H2,1-2H3. The Morgan fingerprint density at radius 2 is 2.07 bits per heavy atom. The summed E-state index contributed by atoms with van der Waals surface area (Å²) < 4.78 is 0. The topological polar surface area (TPSA) is 38.0 Å². The van der Waals surface area contributed by atoms with Gasteiger partial charge in [-0.15, -0.1) is 0 Å². The molecule has 0 aromatic heterocycles. The predicted octanol–water partition coefficient (Wildman–Crippen LogP) is 2.28. The van der Waals surface area contributed by atoms with Crippen LogP contribution in [0.2, 0.25) is 0 Å². The SMILES string of the molecule is CCC1(CNCCCCC(C)N)CC1. The van der Waals surface area contributed by atoms with Crippen LogP contribution in [-0.4, -0.2) is 19.1 Å². The Bertz CT molecular complexity index is 150. The van der Waals surface area contributed by atoms with Gasteiger partial charge in [-0.2, -0.15) is 0 Å². The third-order valence-corrected chi connectivity index (χ3v) is 3.47. The fourth-order valence-electron chi connectivity index (χ4n) is 1.90. The van der Waals surface area contributed by atoms with Gasteiger partial charge in [0.15, 0.2) is 0 Å². The lowest BCUT2D eigenvalue weighted by Gasteiger charge is -2.13. The second kappa shape index (κ2) is 5.72. The highest BCUT2D eigenvalue weighted by Crippen LogP contribution is 2.47. The van der Waals surface area contributed by atoms with Crippen molar-refractivity contribution in [2.75, 3.05) is 13.1 Å². The number of rotatable bonds is 8. The Hall–Kier alpha value is -0.0800. The Kier molecular flexibility index (Phi) is 4.90. The summed E-state index contributed by atoms with van der Waals surface area (Å²) in [7, 11) is 0. The average Bonchev–Trinajstić information content (AvgIpc) is 2.91. The smallest absolute Gasteiger partial charge is 0.00104 e. The molecule has 0 radical (unpaired) electrons. The van der Waals surface area contributed by atoms with E-state index < -0.39 is 0 Å². The molecule has 0 amide bonds. The first-order valence-corrected chi connectivity index (χ1v) is 6.15. The normalized spacial score (nSPS) is 20.8. The lowest BCUT2D eigenvalue weighted by atomic mass is 10.0. The second-order valence-electron chi connectivity index (χ2n) is 5.00. The molecule has 1 atom stereocenters. The first kappa shape index (κ1) is 12.0. The summed E-state index contributed by atoms with van der Waals surface area (Å²) in [5.41, 5.74) is 6.38. The van der Waals surface area contributed by atoms with E-state index in [2.05, 4.69) is 19.2 Å². The molecule has 3 N–H and O–H groups in total. The van der Waals surface area contributed by atoms with Crippen LogP contribution < -0.4 is 11.1 Å². The van der Waals surface area contributed by atoms with Crippen molar-refractivity contribution in [3.63, 3.8) is 0 Å². The van der Waals surface area contributed by atoms with E-state index >= 15 is 0 Å². The molecule has 0 saturated heterocycles. The number of hydrogen-bond donors (Lipinski definition) is 2. The molecule has 1 aliphatic carbocycles. The van der Waals surface area contributed by atoms with E-state index in [0.717, 1.165) is 0 Å². The molecule has 2 heteroatoms. The summed E-state index contributed by atoms with van der Waals surface area (Å²) >= 11 is 0. The molecule has 0 heterocycles. The third kappa shape index (κ3) is 4.43. The van der Waals surface area contributed by atoms with Crippen LogP contribution in [0.4, 0.5) is 0 Å². The van der Waals surface area contributed by atoms with Crippen LogP contribution >= 0.6 is 0 Å². The molecular formula is C12H26N2. The molecule has 0 bridgehead atoms. The van der Waals surface area contributed by atoms with Gasteiger partial charge in [0.1, 0.15) is 0 Å². The van der Waals surface area contributed by atoms with Crippen molar-refractivity contribution >= 4 is 0 Å². The van der Waals surface area contributed by atoms with Gasteiger partial charge in [-0.3, -0.25) is 0 Å². The van der Waals surface area contributed by atoms with Gasteiger partial charge in [0, 0.05) is 12.6 Å². The third-order valence-electron chi connectivity index (χ3n) is 3.47. The minimum atomic E-state index is 0.375. The van der Waals surface area contributed by atoms with Gasteiger partial charge in [-0.1, -0.05) is 13.3 Å². The van der Waals surface area contributed by atoms with E-state index in [-0.39, 0.29) is 0 Å². The van der Waals surface area contributed by atoms with Crippen molar-refractivity contribution in [1.29, 1.82) is 0 Å². The van der Waals surface area contributed by atoms with Crippen LogP contribution in [0.3, 0.4) is 0 Å². The fraction of sp³-hybridized carbons (Fsp3) is 1.00. The highest BCUT2D eigenvalue weighted by Gasteiger charge is 2.39. The molecule has 1 unspecified atom stereocenters. The summed E-state index contributed by atoms with van der Waals surface area (Å²) in [6, 6.07) is 0.375. The second-order valence-corrected chi connectivity index (χ2v) is 5.00. The largest absolute Gasteiger partial charge is 0.328 e. The van der Waals surface area contributed by atoms with Crippen molar-refractivity contribution < 1.29 is 0 Å². The molecule has 84 valence electrons. The summed E-state index contributed by atoms with van der Waals surface area (Å²) in [4.78, 5) is 0. The minimum absolute atomic E-state index is 0.375. The monoisotopic (exact) mass is 198 g/mol. The lowest BCUT2D eigenvalue weighted by Crippen LogP contribution is -2.24. The van der Waals surface area contributed by atoms with Gasteiger partial charge < -0.3 is 11.1 Å². The first-order valence-electron chi connectivity index (χ1n) is 6.15. The molecule has 1 aliphatic rings. The zero-order chi connectivity index (χ0) is 10.4. The van der Waals surface area contributed by atoms with Crippen LogP contribution in [-0.2, 0) is 0 Å². The molecule has 2 nitrogen and oxygen atoms in total. The van der Waals surface area contributed by atoms with Crippen LogP contribution in [0.1, 0.15) is 52.4 Å². The summed E-state index contributed by atoms with van der Waals surface area (Å²) in [5.74, 6) is 0. The zero-order valence-electron chi connectivity index (χ0n) is 9.81. The lowest BCUT2D eigenvalue weighted by molar-refractivity contribution is 0.436. The van der Waals surface area contributed by atoms with Crippen molar-refractivity contribution in [1.82, 2.24) is 5.32 Å². The highest BCUT2D eigenvalue weighted by atomic mass is 14.9. The number of nitrogens with two attached hydrogens (primary N) is 1. The van der Waals surface area contributed by atoms with Gasteiger partial charge in [0.25, 0.3) is 0 Å².